The van der Waals surface area contributed by atoms with Crippen molar-refractivity contribution in [3.8, 4) is 0 Å². The van der Waals surface area contributed by atoms with E-state index in [2.05, 4.69) is 42.5 Å². The van der Waals surface area contributed by atoms with E-state index in [1.54, 1.807) is 0 Å². The fraction of sp³-hybridized carbons (Fsp3) is 0.533. The van der Waals surface area contributed by atoms with Crippen LogP contribution in [0.2, 0.25) is 0 Å². The molecule has 4 rings (SSSR count). The van der Waals surface area contributed by atoms with Crippen molar-refractivity contribution >= 4 is 59.8 Å². The first kappa shape index (κ1) is 27.8. The van der Waals surface area contributed by atoms with Crippen molar-refractivity contribution in [2.45, 2.75) is 84.5 Å². The van der Waals surface area contributed by atoms with Crippen molar-refractivity contribution in [3.05, 3.63) is 48.0 Å². The van der Waals surface area contributed by atoms with E-state index in [0.29, 0.717) is 19.4 Å². The largest absolute Gasteiger partial charge is 0.330 e. The van der Waals surface area contributed by atoms with E-state index in [1.807, 2.05) is 36.5 Å². The minimum absolute atomic E-state index is 0.456. The van der Waals surface area contributed by atoms with Crippen LogP contribution in [0.4, 0.5) is 0 Å². The molecular formula is C30H41O3PS2. The van der Waals surface area contributed by atoms with Crippen molar-refractivity contribution in [2.24, 2.45) is 0 Å². The smallest absolute Gasteiger partial charge is 0.309 e. The van der Waals surface area contributed by atoms with Crippen LogP contribution in [0.15, 0.2) is 42.5 Å². The van der Waals surface area contributed by atoms with Gasteiger partial charge in [-0.2, -0.15) is 0 Å². The summed E-state index contributed by atoms with van der Waals surface area (Å²) in [5.41, 5.74) is 1.49. The van der Waals surface area contributed by atoms with Crippen LogP contribution in [-0.2, 0) is 20.0 Å². The van der Waals surface area contributed by atoms with E-state index in [0.717, 1.165) is 12.8 Å². The van der Waals surface area contributed by atoms with Gasteiger partial charge in [0.05, 0.1) is 28.8 Å². The molecule has 0 fully saturated rings. The Kier molecular flexibility index (Phi) is 10.9. The highest BCUT2D eigenvalue weighted by atomic mass is 32.1. The molecule has 0 aliphatic carbocycles. The summed E-state index contributed by atoms with van der Waals surface area (Å²) in [6.45, 7) is 4.66. The van der Waals surface area contributed by atoms with Gasteiger partial charge >= 0.3 is 7.60 Å². The van der Waals surface area contributed by atoms with Crippen molar-refractivity contribution in [2.75, 3.05) is 19.4 Å². The molecule has 36 heavy (non-hydrogen) atoms. The molecule has 0 aliphatic rings. The van der Waals surface area contributed by atoms with Crippen molar-refractivity contribution < 1.29 is 13.6 Å². The highest BCUT2D eigenvalue weighted by molar-refractivity contribution is 7.53. The van der Waals surface area contributed by atoms with Crippen LogP contribution in [0.5, 0.6) is 0 Å². The summed E-state index contributed by atoms with van der Waals surface area (Å²) in [4.78, 5) is 0. The highest BCUT2D eigenvalue weighted by Gasteiger charge is 2.22. The maximum absolute atomic E-state index is 12.4. The lowest BCUT2D eigenvalue weighted by Crippen LogP contribution is -2.00. The van der Waals surface area contributed by atoms with Gasteiger partial charge in [-0.15, -0.1) is 22.7 Å². The zero-order chi connectivity index (χ0) is 25.2. The monoisotopic (exact) mass is 544 g/mol. The summed E-state index contributed by atoms with van der Waals surface area (Å²) in [6, 6.07) is 15.9. The molecular weight excluding hydrogens is 503 g/mol. The minimum atomic E-state index is -2.84. The molecule has 0 saturated heterocycles. The van der Waals surface area contributed by atoms with Gasteiger partial charge in [-0.1, -0.05) is 81.7 Å². The van der Waals surface area contributed by atoms with Crippen molar-refractivity contribution in [1.82, 2.24) is 0 Å². The molecule has 0 saturated carbocycles. The van der Waals surface area contributed by atoms with Crippen LogP contribution >= 0.6 is 30.3 Å². The summed E-state index contributed by atoms with van der Waals surface area (Å²) >= 11 is 3.89. The molecule has 196 valence electrons. The molecule has 0 bridgehead atoms. The molecule has 0 atom stereocenters. The Labute approximate surface area is 224 Å². The van der Waals surface area contributed by atoms with Gasteiger partial charge in [0.2, 0.25) is 0 Å². The molecule has 0 spiro atoms. The first-order valence-corrected chi connectivity index (χ1v) is 17.2. The Bertz CT molecular complexity index is 1270. The second kappa shape index (κ2) is 14.1. The molecule has 2 aromatic heterocycles. The average molecular weight is 545 g/mol. The predicted molar refractivity (Wildman–Crippen MR) is 160 cm³/mol. The van der Waals surface area contributed by atoms with Gasteiger partial charge in [0.15, 0.2) is 0 Å². The quantitative estimate of drug-likeness (QED) is 0.0979. The zero-order valence-corrected chi connectivity index (χ0v) is 24.5. The predicted octanol–water partition coefficient (Wildman–Crippen LogP) is 11.0. The van der Waals surface area contributed by atoms with Crippen LogP contribution in [0.25, 0.3) is 29.6 Å². The Morgan fingerprint density at radius 3 is 1.89 bits per heavy atom. The van der Waals surface area contributed by atoms with Crippen molar-refractivity contribution in [1.29, 1.82) is 0 Å². The Morgan fingerprint density at radius 1 is 0.667 bits per heavy atom. The topological polar surface area (TPSA) is 35.5 Å². The summed E-state index contributed by atoms with van der Waals surface area (Å²) in [6.07, 6.45) is 14.2. The van der Waals surface area contributed by atoms with Crippen LogP contribution < -0.4 is 0 Å². The van der Waals surface area contributed by atoms with E-state index in [1.165, 1.54) is 92.9 Å². The van der Waals surface area contributed by atoms with Gasteiger partial charge in [-0.3, -0.25) is 4.57 Å². The number of unbranched alkanes of at least 4 members (excludes halogenated alkanes) is 9. The maximum atomic E-state index is 12.4. The van der Waals surface area contributed by atoms with Crippen LogP contribution in [0.1, 0.15) is 83.6 Å². The summed E-state index contributed by atoms with van der Waals surface area (Å²) in [5.74, 6) is 0. The fourth-order valence-corrected chi connectivity index (χ4v) is 9.46. The van der Waals surface area contributed by atoms with Gasteiger partial charge in [0.1, 0.15) is 0 Å². The molecule has 2 heterocycles. The molecule has 0 radical (unpaired) electrons. The van der Waals surface area contributed by atoms with Gasteiger partial charge in [0.25, 0.3) is 0 Å². The standard InChI is InChI=1S/C30H41O3PS2/c1-3-32-34(31,33-4-2)22-16-12-10-8-6-5-7-9-11-13-17-24-20-21-26-28(23-24)36-29-25-18-14-15-19-27(25)35-30(26)29/h14-15,18-21,23H,3-13,16-17,22H2,1-2H3. The van der Waals surface area contributed by atoms with E-state index < -0.39 is 7.60 Å². The molecule has 4 aromatic rings. The van der Waals surface area contributed by atoms with Gasteiger partial charge < -0.3 is 9.05 Å². The van der Waals surface area contributed by atoms with E-state index in [-0.39, 0.29) is 0 Å². The van der Waals surface area contributed by atoms with Gasteiger partial charge in [-0.25, -0.2) is 0 Å². The molecule has 3 nitrogen and oxygen atoms in total. The number of hydrogen-bond acceptors (Lipinski definition) is 5. The number of fused-ring (bicyclic) bond motifs is 5. The SMILES string of the molecule is CCOP(=O)(CCCCCCCCCCCCc1ccc2c(c1)sc1c3ccccc3sc21)OCC. The van der Waals surface area contributed by atoms with Crippen LogP contribution in [0, 0.1) is 0 Å². The molecule has 0 amide bonds. The molecule has 0 unspecified atom stereocenters. The van der Waals surface area contributed by atoms with E-state index in [9.17, 15) is 4.57 Å². The molecule has 6 heteroatoms. The molecule has 0 aliphatic heterocycles. The average Bonchev–Trinajstić information content (AvgIpc) is 3.40. The Balaban J connectivity index is 1.07. The van der Waals surface area contributed by atoms with Gasteiger partial charge in [0, 0.05) is 20.2 Å². The summed E-state index contributed by atoms with van der Waals surface area (Å²) in [5, 5.41) is 2.84. The van der Waals surface area contributed by atoms with Crippen LogP contribution in [-0.4, -0.2) is 19.4 Å². The minimum Gasteiger partial charge on any atom is -0.309 e. The van der Waals surface area contributed by atoms with Crippen molar-refractivity contribution in [3.63, 3.8) is 0 Å². The Morgan fingerprint density at radius 2 is 1.22 bits per heavy atom. The number of aryl methyl sites for hydroxylation is 1. The maximum Gasteiger partial charge on any atom is 0.330 e. The lowest BCUT2D eigenvalue weighted by molar-refractivity contribution is 0.219. The highest BCUT2D eigenvalue weighted by Crippen LogP contribution is 2.49. The number of rotatable bonds is 17. The van der Waals surface area contributed by atoms with E-state index >= 15 is 0 Å². The number of benzene rings is 2. The second-order valence-corrected chi connectivity index (χ2v) is 13.9. The molecule has 0 N–H and O–H groups in total. The third-order valence-corrected chi connectivity index (χ3v) is 11.5. The Hall–Kier alpha value is -1.23. The fourth-order valence-electron chi connectivity index (χ4n) is 5.01. The molecule has 2 aromatic carbocycles. The van der Waals surface area contributed by atoms with Gasteiger partial charge in [-0.05, 0) is 50.8 Å². The zero-order valence-electron chi connectivity index (χ0n) is 21.9. The summed E-state index contributed by atoms with van der Waals surface area (Å²) in [7, 11) is -2.84. The third kappa shape index (κ3) is 7.42. The van der Waals surface area contributed by atoms with Crippen LogP contribution in [0.3, 0.4) is 0 Å². The first-order chi connectivity index (χ1) is 17.6. The number of hydrogen-bond donors (Lipinski definition) is 0. The normalized spacial score (nSPS) is 12.4. The first-order valence-electron chi connectivity index (χ1n) is 13.8. The lowest BCUT2D eigenvalue weighted by Gasteiger charge is -2.16. The van der Waals surface area contributed by atoms with E-state index in [4.69, 9.17) is 9.05 Å². The summed E-state index contributed by atoms with van der Waals surface area (Å²) < 4.78 is 28.9. The third-order valence-electron chi connectivity index (χ3n) is 6.85. The second-order valence-electron chi connectivity index (χ2n) is 9.64. The number of thiophene rings is 2. The lowest BCUT2D eigenvalue weighted by atomic mass is 10.0.